The van der Waals surface area contributed by atoms with Crippen LogP contribution in [0.25, 0.3) is 0 Å². The van der Waals surface area contributed by atoms with Crippen LogP contribution in [0.1, 0.15) is 27.2 Å². The van der Waals surface area contributed by atoms with Crippen LogP contribution in [0.2, 0.25) is 0 Å². The highest BCUT2D eigenvalue weighted by atomic mass is 32.2. The van der Waals surface area contributed by atoms with Crippen LogP contribution in [0.4, 0.5) is 0 Å². The maximum absolute atomic E-state index is 12.0. The minimum atomic E-state index is -3.54. The summed E-state index contributed by atoms with van der Waals surface area (Å²) < 4.78 is 27.8. The average molecular weight is 277 g/mol. The van der Waals surface area contributed by atoms with Crippen molar-refractivity contribution in [1.29, 1.82) is 0 Å². The molecule has 1 aliphatic heterocycles. The lowest BCUT2D eigenvalue weighted by Gasteiger charge is -2.33. The highest BCUT2D eigenvalue weighted by molar-refractivity contribution is 7.87. The number of nitrogens with zero attached hydrogens (tertiary/aromatic N) is 1. The molecule has 1 saturated heterocycles. The van der Waals surface area contributed by atoms with E-state index in [1.165, 1.54) is 4.31 Å². The highest BCUT2D eigenvalue weighted by Gasteiger charge is 2.30. The van der Waals surface area contributed by atoms with Gasteiger partial charge in [0.15, 0.2) is 0 Å². The molecule has 7 heteroatoms. The minimum Gasteiger partial charge on any atom is -0.355 e. The van der Waals surface area contributed by atoms with Crippen molar-refractivity contribution in [1.82, 2.24) is 14.3 Å². The quantitative estimate of drug-likeness (QED) is 0.738. The van der Waals surface area contributed by atoms with Gasteiger partial charge >= 0.3 is 0 Å². The van der Waals surface area contributed by atoms with E-state index in [0.29, 0.717) is 31.5 Å². The third-order valence-corrected chi connectivity index (χ3v) is 4.45. The first-order valence-electron chi connectivity index (χ1n) is 6.36. The third kappa shape index (κ3) is 4.55. The Hall–Kier alpha value is -0.660. The van der Waals surface area contributed by atoms with Crippen LogP contribution in [-0.2, 0) is 15.0 Å². The number of carbonyl (C=O) groups excluding carboxylic acids is 1. The lowest BCUT2D eigenvalue weighted by molar-refractivity contribution is -0.119. The molecule has 1 amide bonds. The summed E-state index contributed by atoms with van der Waals surface area (Å²) in [5.41, 5.74) is 0. The first-order valence-corrected chi connectivity index (χ1v) is 7.80. The molecular weight excluding hydrogens is 254 g/mol. The maximum Gasteiger partial charge on any atom is 0.279 e. The summed E-state index contributed by atoms with van der Waals surface area (Å²) in [5.74, 6) is 0.406. The molecule has 106 valence electrons. The fourth-order valence-corrected chi connectivity index (χ4v) is 3.71. The van der Waals surface area contributed by atoms with Crippen molar-refractivity contribution in [3.05, 3.63) is 0 Å². The number of nitrogens with one attached hydrogen (secondary N) is 2. The van der Waals surface area contributed by atoms with Gasteiger partial charge in [0.2, 0.25) is 5.91 Å². The second kappa shape index (κ2) is 6.49. The van der Waals surface area contributed by atoms with Crippen LogP contribution in [0.15, 0.2) is 0 Å². The minimum absolute atomic E-state index is 0.199. The van der Waals surface area contributed by atoms with Crippen LogP contribution in [-0.4, -0.2) is 44.8 Å². The predicted molar refractivity (Wildman–Crippen MR) is 70.1 cm³/mol. The average Bonchev–Trinajstić information content (AvgIpc) is 2.26. The molecule has 1 heterocycles. The molecule has 2 N–H and O–H groups in total. The van der Waals surface area contributed by atoms with E-state index in [-0.39, 0.29) is 12.5 Å². The van der Waals surface area contributed by atoms with Crippen molar-refractivity contribution in [2.75, 3.05) is 26.2 Å². The zero-order valence-electron chi connectivity index (χ0n) is 11.3. The van der Waals surface area contributed by atoms with Gasteiger partial charge in [0, 0.05) is 19.6 Å². The van der Waals surface area contributed by atoms with Crippen molar-refractivity contribution >= 4 is 16.1 Å². The molecule has 2 atom stereocenters. The summed E-state index contributed by atoms with van der Waals surface area (Å²) in [6, 6.07) is 0. The molecule has 0 unspecified atom stereocenters. The Bertz CT molecular complexity index is 373. The Morgan fingerprint density at radius 2 is 1.83 bits per heavy atom. The van der Waals surface area contributed by atoms with E-state index in [2.05, 4.69) is 10.0 Å². The van der Waals surface area contributed by atoms with Gasteiger partial charge in [0.05, 0.1) is 6.54 Å². The van der Waals surface area contributed by atoms with Crippen molar-refractivity contribution in [2.45, 2.75) is 27.2 Å². The van der Waals surface area contributed by atoms with E-state index >= 15 is 0 Å². The van der Waals surface area contributed by atoms with E-state index in [1.54, 1.807) is 6.92 Å². The van der Waals surface area contributed by atoms with Crippen molar-refractivity contribution in [3.8, 4) is 0 Å². The first-order chi connectivity index (χ1) is 8.35. The summed E-state index contributed by atoms with van der Waals surface area (Å²) in [6.45, 7) is 7.22. The number of likely N-dealkylation sites (N-methyl/N-ethyl adjacent to an activating group) is 1. The van der Waals surface area contributed by atoms with Gasteiger partial charge in [-0.05, 0) is 25.2 Å². The van der Waals surface area contributed by atoms with Crippen LogP contribution in [0, 0.1) is 11.8 Å². The molecule has 0 aliphatic carbocycles. The molecule has 18 heavy (non-hydrogen) atoms. The molecule has 1 aliphatic rings. The Kier molecular flexibility index (Phi) is 5.55. The number of carbonyl (C=O) groups is 1. The standard InChI is InChI=1S/C11H23N3O3S/c1-4-12-11(15)6-13-18(16,17)14-7-9(2)5-10(3)8-14/h9-10,13H,4-8H2,1-3H3,(H,12,15)/t9-,10-/m0/s1. The Morgan fingerprint density at radius 3 is 2.33 bits per heavy atom. The largest absolute Gasteiger partial charge is 0.355 e. The number of piperidine rings is 1. The van der Waals surface area contributed by atoms with Crippen LogP contribution in [0.3, 0.4) is 0 Å². The molecule has 0 aromatic rings. The topological polar surface area (TPSA) is 78.5 Å². The number of hydrogen-bond donors (Lipinski definition) is 2. The Balaban J connectivity index is 2.55. The van der Waals surface area contributed by atoms with Crippen molar-refractivity contribution in [3.63, 3.8) is 0 Å². The second-order valence-electron chi connectivity index (χ2n) is 5.04. The molecule has 0 bridgehead atoms. The van der Waals surface area contributed by atoms with E-state index < -0.39 is 10.2 Å². The van der Waals surface area contributed by atoms with E-state index in [0.717, 1.165) is 6.42 Å². The van der Waals surface area contributed by atoms with Crippen LogP contribution in [0.5, 0.6) is 0 Å². The van der Waals surface area contributed by atoms with Gasteiger partial charge in [0.1, 0.15) is 0 Å². The molecule has 0 spiro atoms. The van der Waals surface area contributed by atoms with Gasteiger partial charge in [0.25, 0.3) is 10.2 Å². The van der Waals surface area contributed by atoms with Crippen LogP contribution < -0.4 is 10.0 Å². The summed E-state index contributed by atoms with van der Waals surface area (Å²) in [7, 11) is -3.54. The van der Waals surface area contributed by atoms with Crippen LogP contribution >= 0.6 is 0 Å². The lowest BCUT2D eigenvalue weighted by Crippen LogP contribution is -2.49. The van der Waals surface area contributed by atoms with Gasteiger partial charge in [-0.15, -0.1) is 0 Å². The molecule has 1 rings (SSSR count). The maximum atomic E-state index is 12.0. The number of rotatable bonds is 5. The number of amides is 1. The molecule has 6 nitrogen and oxygen atoms in total. The predicted octanol–water partition coefficient (Wildman–Crippen LogP) is -0.0652. The van der Waals surface area contributed by atoms with Gasteiger partial charge in [-0.25, -0.2) is 0 Å². The summed E-state index contributed by atoms with van der Waals surface area (Å²) in [5, 5.41) is 2.55. The molecule has 0 saturated carbocycles. The van der Waals surface area contributed by atoms with E-state index in [4.69, 9.17) is 0 Å². The lowest BCUT2D eigenvalue weighted by atomic mass is 9.94. The molecule has 0 aromatic heterocycles. The number of hydrogen-bond acceptors (Lipinski definition) is 3. The normalized spacial score (nSPS) is 25.9. The monoisotopic (exact) mass is 277 g/mol. The van der Waals surface area contributed by atoms with Gasteiger partial charge < -0.3 is 5.32 Å². The molecule has 1 fully saturated rings. The fourth-order valence-electron chi connectivity index (χ4n) is 2.31. The zero-order valence-corrected chi connectivity index (χ0v) is 12.1. The Labute approximate surface area is 109 Å². The summed E-state index contributed by atoms with van der Waals surface area (Å²) in [6.07, 6.45) is 1.04. The van der Waals surface area contributed by atoms with Gasteiger partial charge in [-0.2, -0.15) is 17.4 Å². The van der Waals surface area contributed by atoms with Gasteiger partial charge in [-0.1, -0.05) is 13.8 Å². The molecular formula is C11H23N3O3S. The van der Waals surface area contributed by atoms with Crippen molar-refractivity contribution < 1.29 is 13.2 Å². The summed E-state index contributed by atoms with van der Waals surface area (Å²) >= 11 is 0. The Morgan fingerprint density at radius 1 is 1.28 bits per heavy atom. The fraction of sp³-hybridized carbons (Fsp3) is 0.909. The van der Waals surface area contributed by atoms with E-state index in [1.807, 2.05) is 13.8 Å². The SMILES string of the molecule is CCNC(=O)CNS(=O)(=O)N1C[C@@H](C)C[C@H](C)C1. The summed E-state index contributed by atoms with van der Waals surface area (Å²) in [4.78, 5) is 11.2. The van der Waals surface area contributed by atoms with Crippen molar-refractivity contribution in [2.24, 2.45) is 11.8 Å². The smallest absolute Gasteiger partial charge is 0.279 e. The van der Waals surface area contributed by atoms with E-state index in [9.17, 15) is 13.2 Å². The third-order valence-electron chi connectivity index (χ3n) is 2.96. The molecule has 0 radical (unpaired) electrons. The second-order valence-corrected chi connectivity index (χ2v) is 6.80. The molecule has 0 aromatic carbocycles. The first kappa shape index (κ1) is 15.4. The highest BCUT2D eigenvalue weighted by Crippen LogP contribution is 2.22. The van der Waals surface area contributed by atoms with Gasteiger partial charge in [-0.3, -0.25) is 4.79 Å². The zero-order chi connectivity index (χ0) is 13.8.